The first-order valence-corrected chi connectivity index (χ1v) is 18.3. The van der Waals surface area contributed by atoms with Crippen molar-refractivity contribution in [2.45, 2.75) is 78.6 Å². The number of hydrogen-bond acceptors (Lipinski definition) is 9. The van der Waals surface area contributed by atoms with Crippen LogP contribution in [-0.2, 0) is 20.8 Å². The Labute approximate surface area is 320 Å². The van der Waals surface area contributed by atoms with Gasteiger partial charge in [0.1, 0.15) is 19.0 Å². The Bertz CT molecular complexity index is 2100. The monoisotopic (exact) mass is 750 g/mol. The zero-order valence-corrected chi connectivity index (χ0v) is 31.7. The minimum Gasteiger partial charge on any atom is -0.462 e. The topological polar surface area (TPSA) is 153 Å². The molecule has 0 spiro atoms. The van der Waals surface area contributed by atoms with Gasteiger partial charge in [-0.3, -0.25) is 14.6 Å². The number of carbonyl (C=O) groups excluding carboxylic acids is 3. The van der Waals surface area contributed by atoms with E-state index in [1.54, 1.807) is 32.9 Å². The van der Waals surface area contributed by atoms with Gasteiger partial charge in [-0.25, -0.2) is 14.2 Å². The highest BCUT2D eigenvalue weighted by Gasteiger charge is 2.31. The summed E-state index contributed by atoms with van der Waals surface area (Å²) in [4.78, 5) is 47.7. The van der Waals surface area contributed by atoms with Gasteiger partial charge in [0.05, 0.1) is 47.0 Å². The molecule has 3 N–H and O–H groups in total. The molecular formula is C43H47FN4O7. The van der Waals surface area contributed by atoms with Crippen molar-refractivity contribution in [2.75, 3.05) is 18.5 Å². The summed E-state index contributed by atoms with van der Waals surface area (Å²) in [6.07, 6.45) is -2.57. The van der Waals surface area contributed by atoms with E-state index in [4.69, 9.17) is 9.47 Å². The second-order valence-electron chi connectivity index (χ2n) is 13.7. The quantitative estimate of drug-likeness (QED) is 0.0695. The van der Waals surface area contributed by atoms with Crippen LogP contribution in [0.3, 0.4) is 0 Å². The first-order valence-electron chi connectivity index (χ1n) is 18.3. The Balaban J connectivity index is 1.31. The second-order valence-corrected chi connectivity index (χ2v) is 13.7. The van der Waals surface area contributed by atoms with Crippen molar-refractivity contribution in [2.24, 2.45) is 0 Å². The van der Waals surface area contributed by atoms with Crippen molar-refractivity contribution >= 4 is 23.5 Å². The summed E-state index contributed by atoms with van der Waals surface area (Å²) in [5.41, 5.74) is 6.48. The van der Waals surface area contributed by atoms with Gasteiger partial charge in [-0.2, -0.15) is 0 Å². The molecule has 2 heterocycles. The molecule has 0 aliphatic heterocycles. The molecule has 3 aromatic carbocycles. The molecule has 0 saturated heterocycles. The molecule has 288 valence electrons. The number of para-hydroxylation sites is 1. The third kappa shape index (κ3) is 10.3. The number of aromatic nitrogens is 3. The zero-order valence-electron chi connectivity index (χ0n) is 31.7. The summed E-state index contributed by atoms with van der Waals surface area (Å²) in [7, 11) is 0. The van der Waals surface area contributed by atoms with Gasteiger partial charge in [0.15, 0.2) is 5.69 Å². The van der Waals surface area contributed by atoms with E-state index in [1.807, 2.05) is 79.1 Å². The van der Waals surface area contributed by atoms with E-state index in [-0.39, 0.29) is 56.5 Å². The number of aliphatic hydroxyl groups excluding tert-OH is 2. The lowest BCUT2D eigenvalue weighted by atomic mass is 9.94. The van der Waals surface area contributed by atoms with Crippen molar-refractivity contribution in [1.82, 2.24) is 14.5 Å². The van der Waals surface area contributed by atoms with Gasteiger partial charge >= 0.3 is 11.9 Å². The number of nitrogens with zero attached hydrogens (tertiary/aromatic N) is 3. The van der Waals surface area contributed by atoms with E-state index in [0.29, 0.717) is 45.2 Å². The van der Waals surface area contributed by atoms with E-state index in [9.17, 15) is 29.0 Å². The molecule has 11 nitrogen and oxygen atoms in total. The van der Waals surface area contributed by atoms with E-state index < -0.39 is 30.0 Å². The van der Waals surface area contributed by atoms with E-state index in [2.05, 4.69) is 15.3 Å². The largest absolute Gasteiger partial charge is 0.462 e. The van der Waals surface area contributed by atoms with Crippen LogP contribution in [0.2, 0.25) is 0 Å². The van der Waals surface area contributed by atoms with Gasteiger partial charge in [-0.1, -0.05) is 62.4 Å². The van der Waals surface area contributed by atoms with Crippen LogP contribution in [0.25, 0.3) is 22.4 Å². The van der Waals surface area contributed by atoms with Crippen LogP contribution in [0.5, 0.6) is 0 Å². The summed E-state index contributed by atoms with van der Waals surface area (Å²) >= 11 is 0. The SMILES string of the molecule is Cc1nc(C)c(C(=O)OCCOC(=O)C[C@H](O)C[C@H](O)CCn2c(-c3ccc(F)cc3)c(-c3ccccc3)c(C(=O)Nc3ccccc3)c2C(C)C)nc1C. The van der Waals surface area contributed by atoms with Gasteiger partial charge in [-0.05, 0) is 87.1 Å². The van der Waals surface area contributed by atoms with Crippen molar-refractivity contribution < 1.29 is 38.5 Å². The lowest BCUT2D eigenvalue weighted by Gasteiger charge is -2.20. The summed E-state index contributed by atoms with van der Waals surface area (Å²) in [5, 5.41) is 24.9. The number of halogens is 1. The summed E-state index contributed by atoms with van der Waals surface area (Å²) in [5.74, 6) is -2.26. The molecule has 2 atom stereocenters. The Morgan fingerprint density at radius 1 is 0.782 bits per heavy atom. The van der Waals surface area contributed by atoms with Crippen LogP contribution in [0.4, 0.5) is 10.1 Å². The highest BCUT2D eigenvalue weighted by molar-refractivity contribution is 6.12. The third-order valence-electron chi connectivity index (χ3n) is 9.18. The average Bonchev–Trinajstić information content (AvgIpc) is 3.50. The fourth-order valence-electron chi connectivity index (χ4n) is 6.52. The predicted molar refractivity (Wildman–Crippen MR) is 207 cm³/mol. The number of aryl methyl sites for hydroxylation is 3. The van der Waals surface area contributed by atoms with Crippen LogP contribution < -0.4 is 5.32 Å². The Hall–Kier alpha value is -5.72. The number of benzene rings is 3. The molecule has 0 aliphatic carbocycles. The van der Waals surface area contributed by atoms with Crippen LogP contribution in [0, 0.1) is 26.6 Å². The van der Waals surface area contributed by atoms with Gasteiger partial charge in [0, 0.05) is 23.5 Å². The molecule has 0 bridgehead atoms. The molecule has 0 unspecified atom stereocenters. The smallest absolute Gasteiger partial charge is 0.358 e. The highest BCUT2D eigenvalue weighted by atomic mass is 19.1. The van der Waals surface area contributed by atoms with Gasteiger partial charge < -0.3 is 29.6 Å². The van der Waals surface area contributed by atoms with Crippen molar-refractivity contribution in [1.29, 1.82) is 0 Å². The standard InChI is InChI=1S/C43H47FN4O7/c1-26(2)40-38(42(52)47-33-14-10-7-11-15-33)37(30-12-8-6-9-13-30)41(31-16-18-32(44)19-17-31)48(40)21-20-34(49)24-35(50)25-36(51)54-22-23-55-43(53)39-29(5)45-27(3)28(4)46-39/h6-19,26,34-35,49-50H,20-25H2,1-5H3,(H,47,52)/t34-,35-/m1/s1. The summed E-state index contributed by atoms with van der Waals surface area (Å²) < 4.78 is 26.6. The minimum absolute atomic E-state index is 0.0898. The van der Waals surface area contributed by atoms with Crippen molar-refractivity contribution in [3.05, 3.63) is 125 Å². The molecule has 12 heteroatoms. The lowest BCUT2D eigenvalue weighted by molar-refractivity contribution is -0.147. The molecule has 5 aromatic rings. The first-order chi connectivity index (χ1) is 26.3. The Kier molecular flexibility index (Phi) is 13.6. The molecule has 0 radical (unpaired) electrons. The number of aliphatic hydroxyl groups is 2. The Morgan fingerprint density at radius 3 is 2.05 bits per heavy atom. The number of hydrogen-bond donors (Lipinski definition) is 3. The number of ether oxygens (including phenoxy) is 2. The molecule has 0 fully saturated rings. The van der Waals surface area contributed by atoms with Crippen LogP contribution in [0.15, 0.2) is 84.9 Å². The maximum Gasteiger partial charge on any atom is 0.358 e. The highest BCUT2D eigenvalue weighted by Crippen LogP contribution is 2.42. The van der Waals surface area contributed by atoms with Crippen LogP contribution >= 0.6 is 0 Å². The van der Waals surface area contributed by atoms with E-state index >= 15 is 0 Å². The number of nitrogens with one attached hydrogen (secondary N) is 1. The maximum absolute atomic E-state index is 14.3. The van der Waals surface area contributed by atoms with Crippen molar-refractivity contribution in [3.8, 4) is 22.4 Å². The summed E-state index contributed by atoms with van der Waals surface area (Å²) in [6.45, 7) is 8.97. The molecule has 1 amide bonds. The fraction of sp³-hybridized carbons (Fsp3) is 0.326. The minimum atomic E-state index is -1.21. The molecule has 0 aliphatic rings. The van der Waals surface area contributed by atoms with E-state index in [0.717, 1.165) is 11.3 Å². The van der Waals surface area contributed by atoms with Gasteiger partial charge in [0.2, 0.25) is 0 Å². The number of esters is 2. The van der Waals surface area contributed by atoms with E-state index in [1.165, 1.54) is 12.1 Å². The zero-order chi connectivity index (χ0) is 39.6. The first kappa shape index (κ1) is 40.5. The predicted octanol–water partition coefficient (Wildman–Crippen LogP) is 7.34. The lowest BCUT2D eigenvalue weighted by Crippen LogP contribution is -2.24. The molecule has 0 saturated carbocycles. The number of amides is 1. The second kappa shape index (κ2) is 18.5. The normalized spacial score (nSPS) is 12.3. The Morgan fingerprint density at radius 2 is 1.40 bits per heavy atom. The maximum atomic E-state index is 14.3. The number of anilines is 1. The molecule has 55 heavy (non-hydrogen) atoms. The fourth-order valence-corrected chi connectivity index (χ4v) is 6.52. The van der Waals surface area contributed by atoms with Crippen LogP contribution in [-0.4, -0.2) is 68.0 Å². The molecule has 2 aromatic heterocycles. The molecule has 5 rings (SSSR count). The number of carbonyl (C=O) groups is 3. The van der Waals surface area contributed by atoms with Gasteiger partial charge in [-0.15, -0.1) is 0 Å². The van der Waals surface area contributed by atoms with Gasteiger partial charge in [0.25, 0.3) is 5.91 Å². The van der Waals surface area contributed by atoms with Crippen molar-refractivity contribution in [3.63, 3.8) is 0 Å². The average molecular weight is 751 g/mol. The third-order valence-corrected chi connectivity index (χ3v) is 9.18. The summed E-state index contributed by atoms with van der Waals surface area (Å²) in [6, 6.07) is 24.7. The van der Waals surface area contributed by atoms with Crippen LogP contribution in [0.1, 0.15) is 82.7 Å². The molecular weight excluding hydrogens is 703 g/mol. The number of rotatable bonds is 16.